The van der Waals surface area contributed by atoms with Gasteiger partial charge in [0.25, 0.3) is 11.6 Å². The number of carbonyl (C=O) groups is 2. The number of phenolic OH excluding ortho intramolecular Hbond substituents is 1. The van der Waals surface area contributed by atoms with Crippen LogP contribution in [0, 0.1) is 16.0 Å². The van der Waals surface area contributed by atoms with Gasteiger partial charge in [-0.3, -0.25) is 24.5 Å². The average Bonchev–Trinajstić information content (AvgIpc) is 3.43. The molecule has 0 bridgehead atoms. The molecular formula is C27H24BrN3O8. The van der Waals surface area contributed by atoms with Crippen LogP contribution in [0.5, 0.6) is 17.2 Å². The number of nitrogens with zero attached hydrogens (tertiary/aromatic N) is 3. The van der Waals surface area contributed by atoms with Crippen molar-refractivity contribution in [3.8, 4) is 17.2 Å². The molecule has 2 aliphatic rings. The molecule has 0 radical (unpaired) electrons. The standard InChI is InChI=1S/C27H24BrN3O8/c1-3-37-19-10-8-16(9-11-19)29-26(33)22-23(15-12-20(28)24(32)21(13-15)38-4-2)30(39-25(22)27(29)34)17-6-5-7-18(14-17)31(35)36/h5-14,22-23,25,32H,3-4H2,1-2H3/t22-,23-,25-/m1/s1. The number of phenols is 1. The van der Waals surface area contributed by atoms with Crippen LogP contribution >= 0.6 is 15.9 Å². The van der Waals surface area contributed by atoms with Gasteiger partial charge in [0.1, 0.15) is 11.7 Å². The molecule has 202 valence electrons. The number of non-ortho nitro benzene ring substituents is 1. The van der Waals surface area contributed by atoms with Crippen LogP contribution in [-0.4, -0.2) is 41.2 Å². The molecule has 11 nitrogen and oxygen atoms in total. The minimum atomic E-state index is -1.18. The summed E-state index contributed by atoms with van der Waals surface area (Å²) in [5, 5.41) is 23.3. The van der Waals surface area contributed by atoms with E-state index in [-0.39, 0.29) is 23.8 Å². The molecule has 39 heavy (non-hydrogen) atoms. The summed E-state index contributed by atoms with van der Waals surface area (Å²) >= 11 is 3.34. The Morgan fingerprint density at radius 3 is 2.38 bits per heavy atom. The molecule has 3 aromatic carbocycles. The molecule has 2 aliphatic heterocycles. The first-order chi connectivity index (χ1) is 18.7. The molecule has 0 unspecified atom stereocenters. The third kappa shape index (κ3) is 4.66. The molecule has 3 aromatic rings. The number of anilines is 2. The summed E-state index contributed by atoms with van der Waals surface area (Å²) in [4.78, 5) is 45.5. The molecule has 0 aromatic heterocycles. The number of ether oxygens (including phenoxy) is 2. The van der Waals surface area contributed by atoms with Gasteiger partial charge in [-0.15, -0.1) is 0 Å². The summed E-state index contributed by atoms with van der Waals surface area (Å²) in [5.74, 6) is -1.39. The van der Waals surface area contributed by atoms with Crippen molar-refractivity contribution >= 4 is 44.8 Å². The third-order valence-electron chi connectivity index (χ3n) is 6.51. The highest BCUT2D eigenvalue weighted by atomic mass is 79.9. The molecular weight excluding hydrogens is 574 g/mol. The maximum atomic E-state index is 13.9. The van der Waals surface area contributed by atoms with Crippen LogP contribution in [0.1, 0.15) is 25.5 Å². The number of benzene rings is 3. The van der Waals surface area contributed by atoms with Crippen LogP contribution in [-0.2, 0) is 14.4 Å². The van der Waals surface area contributed by atoms with Gasteiger partial charge >= 0.3 is 0 Å². The topological polar surface area (TPSA) is 132 Å². The zero-order valence-electron chi connectivity index (χ0n) is 20.9. The zero-order chi connectivity index (χ0) is 27.8. The number of halogens is 1. The fourth-order valence-electron chi connectivity index (χ4n) is 4.86. The average molecular weight is 598 g/mol. The first kappa shape index (κ1) is 26.4. The van der Waals surface area contributed by atoms with Crippen LogP contribution in [0.15, 0.2) is 65.1 Å². The molecule has 2 fully saturated rings. The van der Waals surface area contributed by atoms with Crippen molar-refractivity contribution in [1.29, 1.82) is 0 Å². The molecule has 2 heterocycles. The van der Waals surface area contributed by atoms with E-state index in [0.29, 0.717) is 33.8 Å². The van der Waals surface area contributed by atoms with E-state index in [9.17, 15) is 24.8 Å². The number of fused-ring (bicyclic) bond motifs is 1. The predicted octanol–water partition coefficient (Wildman–Crippen LogP) is 4.91. The minimum absolute atomic E-state index is 0.122. The van der Waals surface area contributed by atoms with Gasteiger partial charge in [-0.25, -0.2) is 9.96 Å². The van der Waals surface area contributed by atoms with E-state index < -0.39 is 34.8 Å². The van der Waals surface area contributed by atoms with Gasteiger partial charge in [0.2, 0.25) is 5.91 Å². The van der Waals surface area contributed by atoms with E-state index >= 15 is 0 Å². The maximum absolute atomic E-state index is 13.9. The van der Waals surface area contributed by atoms with Crippen molar-refractivity contribution in [2.24, 2.45) is 5.92 Å². The number of nitro benzene ring substituents is 1. The summed E-state index contributed by atoms with van der Waals surface area (Å²) in [6.45, 7) is 4.36. The van der Waals surface area contributed by atoms with Gasteiger partial charge in [0.05, 0.1) is 40.0 Å². The molecule has 5 rings (SSSR count). The first-order valence-corrected chi connectivity index (χ1v) is 13.0. The van der Waals surface area contributed by atoms with Gasteiger partial charge in [-0.05, 0) is 77.8 Å². The lowest BCUT2D eigenvalue weighted by Gasteiger charge is -2.29. The smallest absolute Gasteiger partial charge is 0.271 e. The fraction of sp³-hybridized carbons (Fsp3) is 0.259. The Morgan fingerprint density at radius 1 is 1.00 bits per heavy atom. The number of hydrogen-bond acceptors (Lipinski definition) is 9. The normalized spacial score (nSPS) is 20.3. The van der Waals surface area contributed by atoms with Crippen molar-refractivity contribution < 1.29 is 33.9 Å². The Balaban J connectivity index is 1.60. The highest BCUT2D eigenvalue weighted by molar-refractivity contribution is 9.10. The summed E-state index contributed by atoms with van der Waals surface area (Å²) in [6, 6.07) is 14.6. The third-order valence-corrected chi connectivity index (χ3v) is 7.11. The second-order valence-electron chi connectivity index (χ2n) is 8.82. The highest BCUT2D eigenvalue weighted by Crippen LogP contribution is 2.50. The Labute approximate surface area is 231 Å². The van der Waals surface area contributed by atoms with Crippen molar-refractivity contribution in [1.82, 2.24) is 0 Å². The monoisotopic (exact) mass is 597 g/mol. The van der Waals surface area contributed by atoms with E-state index in [2.05, 4.69) is 15.9 Å². The van der Waals surface area contributed by atoms with Gasteiger partial charge in [-0.2, -0.15) is 0 Å². The Hall–Kier alpha value is -4.16. The fourth-order valence-corrected chi connectivity index (χ4v) is 5.32. The molecule has 0 aliphatic carbocycles. The molecule has 1 N–H and O–H groups in total. The summed E-state index contributed by atoms with van der Waals surface area (Å²) in [6.07, 6.45) is -1.18. The SMILES string of the molecule is CCOc1ccc(N2C(=O)[C@@H]3[C@@H](c4cc(Br)c(O)c(OCC)c4)N(c4cccc([N+](=O)[O-])c4)O[C@H]3C2=O)cc1. The summed E-state index contributed by atoms with van der Waals surface area (Å²) in [5.41, 5.74) is 0.979. The predicted molar refractivity (Wildman–Crippen MR) is 144 cm³/mol. The van der Waals surface area contributed by atoms with Gasteiger partial charge in [0, 0.05) is 12.1 Å². The lowest BCUT2D eigenvalue weighted by molar-refractivity contribution is -0.384. The Kier molecular flexibility index (Phi) is 7.15. The molecule has 0 spiro atoms. The van der Waals surface area contributed by atoms with E-state index in [0.717, 1.165) is 4.90 Å². The first-order valence-electron chi connectivity index (χ1n) is 12.2. The van der Waals surface area contributed by atoms with E-state index in [1.54, 1.807) is 49.4 Å². The second kappa shape index (κ2) is 10.5. The minimum Gasteiger partial charge on any atom is -0.503 e. The largest absolute Gasteiger partial charge is 0.503 e. The lowest BCUT2D eigenvalue weighted by Crippen LogP contribution is -2.37. The highest BCUT2D eigenvalue weighted by Gasteiger charge is 2.60. The molecule has 0 saturated carbocycles. The number of hydroxylamine groups is 1. The second-order valence-corrected chi connectivity index (χ2v) is 9.68. The zero-order valence-corrected chi connectivity index (χ0v) is 22.5. The van der Waals surface area contributed by atoms with Gasteiger partial charge in [0.15, 0.2) is 17.6 Å². The van der Waals surface area contributed by atoms with Crippen molar-refractivity contribution in [3.63, 3.8) is 0 Å². The van der Waals surface area contributed by atoms with Crippen molar-refractivity contribution in [3.05, 3.63) is 80.8 Å². The van der Waals surface area contributed by atoms with Crippen LogP contribution in [0.3, 0.4) is 0 Å². The van der Waals surface area contributed by atoms with Crippen LogP contribution < -0.4 is 19.4 Å². The Morgan fingerprint density at radius 2 is 1.72 bits per heavy atom. The van der Waals surface area contributed by atoms with E-state index in [1.165, 1.54) is 23.3 Å². The van der Waals surface area contributed by atoms with Crippen LogP contribution in [0.2, 0.25) is 0 Å². The van der Waals surface area contributed by atoms with Crippen molar-refractivity contribution in [2.45, 2.75) is 26.0 Å². The van der Waals surface area contributed by atoms with Gasteiger partial charge in [-0.1, -0.05) is 6.07 Å². The molecule has 12 heteroatoms. The number of nitro groups is 1. The van der Waals surface area contributed by atoms with E-state index in [4.69, 9.17) is 14.3 Å². The number of hydrogen-bond donors (Lipinski definition) is 1. The molecule has 2 amide bonds. The number of imide groups is 1. The van der Waals surface area contributed by atoms with Crippen molar-refractivity contribution in [2.75, 3.05) is 23.2 Å². The Bertz CT molecular complexity index is 1450. The molecule has 2 saturated heterocycles. The maximum Gasteiger partial charge on any atom is 0.271 e. The lowest BCUT2D eigenvalue weighted by atomic mass is 9.90. The van der Waals surface area contributed by atoms with Crippen LogP contribution in [0.4, 0.5) is 17.1 Å². The number of rotatable bonds is 8. The van der Waals surface area contributed by atoms with E-state index in [1.807, 2.05) is 6.92 Å². The quantitative estimate of drug-likeness (QED) is 0.218. The molecule has 3 atom stereocenters. The van der Waals surface area contributed by atoms with Crippen LogP contribution in [0.25, 0.3) is 0 Å². The summed E-state index contributed by atoms with van der Waals surface area (Å²) < 4.78 is 11.4. The number of amides is 2. The summed E-state index contributed by atoms with van der Waals surface area (Å²) in [7, 11) is 0. The number of carbonyl (C=O) groups excluding carboxylic acids is 2. The van der Waals surface area contributed by atoms with Gasteiger partial charge < -0.3 is 14.6 Å². The number of aromatic hydroxyl groups is 1.